The van der Waals surface area contributed by atoms with Gasteiger partial charge < -0.3 is 4.57 Å². The summed E-state index contributed by atoms with van der Waals surface area (Å²) in [6, 6.07) is 62.2. The van der Waals surface area contributed by atoms with Crippen LogP contribution in [0.2, 0.25) is 0 Å². The molecular formula is C47H32N4. The lowest BCUT2D eigenvalue weighted by atomic mass is 9.74. The highest BCUT2D eigenvalue weighted by Crippen LogP contribution is 2.55. The zero-order valence-corrected chi connectivity index (χ0v) is 28.0. The van der Waals surface area contributed by atoms with Gasteiger partial charge >= 0.3 is 0 Å². The molecule has 0 bridgehead atoms. The standard InChI is InChI=1S/C47H32N4/c1-47(34-21-9-4-10-22-34)39-26-13-11-25-38(39)42-40(47)29-28-37-36-24-12-14-27-41(36)51(43(37)42)35-23-15-20-33(30-35)46-49-44(31-16-5-2-6-17-31)48-45(50-46)32-18-7-3-8-19-32/h2-30H,1H3. The summed E-state index contributed by atoms with van der Waals surface area (Å²) in [7, 11) is 0. The third kappa shape index (κ3) is 4.50. The summed E-state index contributed by atoms with van der Waals surface area (Å²) in [5, 5.41) is 2.46. The SMILES string of the molecule is CC1(c2ccccc2)c2ccccc2-c2c1ccc1c3ccccc3n(-c3cccc(-c4nc(-c5ccccc5)nc(-c5ccccc5)n4)c3)c21. The van der Waals surface area contributed by atoms with Gasteiger partial charge in [-0.1, -0.05) is 158 Å². The Kier molecular flexibility index (Phi) is 6.58. The van der Waals surface area contributed by atoms with Crippen LogP contribution in [0.25, 0.3) is 72.8 Å². The molecule has 7 aromatic carbocycles. The molecule has 1 atom stereocenters. The van der Waals surface area contributed by atoms with Crippen LogP contribution < -0.4 is 0 Å². The predicted molar refractivity (Wildman–Crippen MR) is 208 cm³/mol. The number of hydrogen-bond acceptors (Lipinski definition) is 3. The maximum Gasteiger partial charge on any atom is 0.164 e. The van der Waals surface area contributed by atoms with E-state index in [-0.39, 0.29) is 5.41 Å². The summed E-state index contributed by atoms with van der Waals surface area (Å²) in [6.45, 7) is 2.38. The molecule has 0 radical (unpaired) electrons. The molecule has 4 heteroatoms. The Morgan fingerprint density at radius 3 is 1.73 bits per heavy atom. The molecule has 2 aromatic heterocycles. The van der Waals surface area contributed by atoms with Crippen LogP contribution in [-0.4, -0.2) is 19.5 Å². The van der Waals surface area contributed by atoms with Gasteiger partial charge in [0.1, 0.15) is 0 Å². The summed E-state index contributed by atoms with van der Waals surface area (Å²) < 4.78 is 2.44. The number of fused-ring (bicyclic) bond motifs is 7. The molecule has 0 saturated heterocycles. The topological polar surface area (TPSA) is 43.6 Å². The fourth-order valence-electron chi connectivity index (χ4n) is 8.10. The molecule has 2 heterocycles. The van der Waals surface area contributed by atoms with Crippen molar-refractivity contribution < 1.29 is 0 Å². The molecule has 9 aromatic rings. The molecule has 0 saturated carbocycles. The van der Waals surface area contributed by atoms with E-state index in [9.17, 15) is 0 Å². The van der Waals surface area contributed by atoms with Crippen molar-refractivity contribution in [3.63, 3.8) is 0 Å². The van der Waals surface area contributed by atoms with E-state index in [0.717, 1.165) is 27.9 Å². The second kappa shape index (κ2) is 11.5. The van der Waals surface area contributed by atoms with Crippen LogP contribution in [0.4, 0.5) is 0 Å². The highest BCUT2D eigenvalue weighted by atomic mass is 15.0. The quantitative estimate of drug-likeness (QED) is 0.186. The van der Waals surface area contributed by atoms with Crippen LogP contribution in [-0.2, 0) is 5.41 Å². The fraction of sp³-hybridized carbons (Fsp3) is 0.0426. The highest BCUT2D eigenvalue weighted by molar-refractivity contribution is 6.15. The summed E-state index contributed by atoms with van der Waals surface area (Å²) in [5.74, 6) is 1.94. The van der Waals surface area contributed by atoms with Gasteiger partial charge in [-0.25, -0.2) is 15.0 Å². The molecule has 0 spiro atoms. The number of aromatic nitrogens is 4. The largest absolute Gasteiger partial charge is 0.309 e. The minimum absolute atomic E-state index is 0.295. The normalized spacial score (nSPS) is 14.8. The first kappa shape index (κ1) is 29.3. The van der Waals surface area contributed by atoms with Gasteiger partial charge in [0.15, 0.2) is 17.5 Å². The van der Waals surface area contributed by atoms with Crippen molar-refractivity contribution in [1.29, 1.82) is 0 Å². The molecule has 0 fully saturated rings. The van der Waals surface area contributed by atoms with Gasteiger partial charge in [-0.2, -0.15) is 0 Å². The average molecular weight is 653 g/mol. The molecular weight excluding hydrogens is 621 g/mol. The van der Waals surface area contributed by atoms with Crippen LogP contribution >= 0.6 is 0 Å². The van der Waals surface area contributed by atoms with Gasteiger partial charge in [0.25, 0.3) is 0 Å². The Morgan fingerprint density at radius 2 is 1.02 bits per heavy atom. The van der Waals surface area contributed by atoms with Crippen molar-refractivity contribution in [2.45, 2.75) is 12.3 Å². The van der Waals surface area contributed by atoms with E-state index in [4.69, 9.17) is 15.0 Å². The van der Waals surface area contributed by atoms with E-state index in [1.165, 1.54) is 44.1 Å². The van der Waals surface area contributed by atoms with Crippen molar-refractivity contribution in [1.82, 2.24) is 19.5 Å². The van der Waals surface area contributed by atoms with Gasteiger partial charge in [0.05, 0.1) is 11.0 Å². The van der Waals surface area contributed by atoms with Crippen molar-refractivity contribution in [3.8, 4) is 51.0 Å². The highest BCUT2D eigenvalue weighted by Gasteiger charge is 2.42. The first-order chi connectivity index (χ1) is 25.2. The summed E-state index contributed by atoms with van der Waals surface area (Å²) >= 11 is 0. The molecule has 0 amide bonds. The first-order valence-corrected chi connectivity index (χ1v) is 17.4. The van der Waals surface area contributed by atoms with E-state index < -0.39 is 0 Å². The van der Waals surface area contributed by atoms with Crippen LogP contribution in [0.1, 0.15) is 23.6 Å². The van der Waals surface area contributed by atoms with Crippen LogP contribution in [0.3, 0.4) is 0 Å². The Balaban J connectivity index is 1.23. The van der Waals surface area contributed by atoms with Gasteiger partial charge in [-0.05, 0) is 47.4 Å². The maximum atomic E-state index is 5.06. The zero-order chi connectivity index (χ0) is 33.9. The number of rotatable bonds is 5. The van der Waals surface area contributed by atoms with E-state index in [1.54, 1.807) is 0 Å². The van der Waals surface area contributed by atoms with Crippen molar-refractivity contribution in [2.75, 3.05) is 0 Å². The van der Waals surface area contributed by atoms with E-state index in [0.29, 0.717) is 17.5 Å². The molecule has 1 aliphatic rings. The van der Waals surface area contributed by atoms with Gasteiger partial charge in [-0.3, -0.25) is 0 Å². The Morgan fingerprint density at radius 1 is 0.451 bits per heavy atom. The smallest absolute Gasteiger partial charge is 0.164 e. The number of para-hydroxylation sites is 1. The summed E-state index contributed by atoms with van der Waals surface area (Å²) in [6.07, 6.45) is 0. The first-order valence-electron chi connectivity index (χ1n) is 17.4. The van der Waals surface area contributed by atoms with Gasteiger partial charge in [0, 0.05) is 44.1 Å². The molecule has 51 heavy (non-hydrogen) atoms. The number of hydrogen-bond donors (Lipinski definition) is 0. The van der Waals surface area contributed by atoms with Crippen molar-refractivity contribution >= 4 is 21.8 Å². The summed E-state index contributed by atoms with van der Waals surface area (Å²) in [5.41, 5.74) is 12.5. The zero-order valence-electron chi connectivity index (χ0n) is 28.0. The molecule has 0 N–H and O–H groups in total. The lowest BCUT2D eigenvalue weighted by Crippen LogP contribution is -2.22. The van der Waals surface area contributed by atoms with E-state index >= 15 is 0 Å². The molecule has 4 nitrogen and oxygen atoms in total. The Bertz CT molecular complexity index is 2690. The van der Waals surface area contributed by atoms with Crippen LogP contribution in [0.5, 0.6) is 0 Å². The van der Waals surface area contributed by atoms with Crippen LogP contribution in [0.15, 0.2) is 176 Å². The maximum absolute atomic E-state index is 5.06. The molecule has 0 aliphatic heterocycles. The number of nitrogens with zero attached hydrogens (tertiary/aromatic N) is 4. The van der Waals surface area contributed by atoms with E-state index in [1.807, 2.05) is 60.7 Å². The van der Waals surface area contributed by atoms with Crippen molar-refractivity contribution in [3.05, 3.63) is 193 Å². The van der Waals surface area contributed by atoms with Gasteiger partial charge in [0.2, 0.25) is 0 Å². The van der Waals surface area contributed by atoms with E-state index in [2.05, 4.69) is 127 Å². The Labute approximate surface area is 296 Å². The van der Waals surface area contributed by atoms with Crippen molar-refractivity contribution in [2.24, 2.45) is 0 Å². The summed E-state index contributed by atoms with van der Waals surface area (Å²) in [4.78, 5) is 15.0. The second-order valence-corrected chi connectivity index (χ2v) is 13.4. The fourth-order valence-corrected chi connectivity index (χ4v) is 8.10. The number of benzene rings is 7. The predicted octanol–water partition coefficient (Wildman–Crippen LogP) is 11.3. The minimum Gasteiger partial charge on any atom is -0.309 e. The van der Waals surface area contributed by atoms with Gasteiger partial charge in [-0.15, -0.1) is 0 Å². The molecule has 10 rings (SSSR count). The molecule has 1 aliphatic carbocycles. The monoisotopic (exact) mass is 652 g/mol. The van der Waals surface area contributed by atoms with Crippen LogP contribution in [0, 0.1) is 0 Å². The lowest BCUT2D eigenvalue weighted by molar-refractivity contribution is 0.714. The molecule has 240 valence electrons. The third-order valence-electron chi connectivity index (χ3n) is 10.5. The lowest BCUT2D eigenvalue weighted by Gasteiger charge is -2.28. The third-order valence-corrected chi connectivity index (χ3v) is 10.5. The Hall–Kier alpha value is -6.65. The molecule has 1 unspecified atom stereocenters. The minimum atomic E-state index is -0.295. The average Bonchev–Trinajstić information content (AvgIpc) is 3.69. The second-order valence-electron chi connectivity index (χ2n) is 13.4.